The molecule has 0 atom stereocenters. The number of nitrogens with zero attached hydrogens (tertiary/aromatic N) is 6. The third-order valence-electron chi connectivity index (χ3n) is 9.07. The summed E-state index contributed by atoms with van der Waals surface area (Å²) in [4.78, 5) is 43.3. The van der Waals surface area contributed by atoms with E-state index in [0.29, 0.717) is 18.0 Å². The molecular formula is C39H37F3N6O2. The van der Waals surface area contributed by atoms with Crippen LogP contribution < -0.4 is 10.5 Å². The number of hydrogen-bond acceptors (Lipinski definition) is 7. The fourth-order valence-corrected chi connectivity index (χ4v) is 6.09. The minimum absolute atomic E-state index is 0.00348. The lowest BCUT2D eigenvalue weighted by atomic mass is 10.0. The van der Waals surface area contributed by atoms with Gasteiger partial charge in [0.25, 0.3) is 5.56 Å². The van der Waals surface area contributed by atoms with E-state index in [1.165, 1.54) is 41.4 Å². The molecule has 2 aromatic carbocycles. The second kappa shape index (κ2) is 15.0. The smallest absolute Gasteiger partial charge is 0.372 e. The zero-order chi connectivity index (χ0) is 35.3. The van der Waals surface area contributed by atoms with E-state index in [2.05, 4.69) is 70.0 Å². The van der Waals surface area contributed by atoms with Crippen molar-refractivity contribution in [2.24, 2.45) is 0 Å². The number of piperidine rings is 1. The Morgan fingerprint density at radius 1 is 0.980 bits per heavy atom. The zero-order valence-corrected chi connectivity index (χ0v) is 28.0. The van der Waals surface area contributed by atoms with E-state index in [-0.39, 0.29) is 30.7 Å². The van der Waals surface area contributed by atoms with Gasteiger partial charge in [0, 0.05) is 67.6 Å². The number of Topliss-reactive ketones (excluding diaryl/α,β-unsaturated/α-hetero) is 1. The van der Waals surface area contributed by atoms with Crippen molar-refractivity contribution in [3.05, 3.63) is 129 Å². The summed E-state index contributed by atoms with van der Waals surface area (Å²) in [5, 5.41) is 0.861. The van der Waals surface area contributed by atoms with Crippen LogP contribution in [0, 0.1) is 11.8 Å². The molecule has 3 aromatic heterocycles. The molecule has 0 N–H and O–H groups in total. The number of ketones is 1. The van der Waals surface area contributed by atoms with Crippen LogP contribution in [-0.4, -0.2) is 63.4 Å². The van der Waals surface area contributed by atoms with Crippen LogP contribution in [0.1, 0.15) is 64.2 Å². The highest BCUT2D eigenvalue weighted by Crippen LogP contribution is 2.27. The van der Waals surface area contributed by atoms with Gasteiger partial charge in [0.2, 0.25) is 0 Å². The Balaban J connectivity index is 1.03. The summed E-state index contributed by atoms with van der Waals surface area (Å²) in [5.74, 6) is 6.47. The van der Waals surface area contributed by atoms with Crippen LogP contribution in [0.5, 0.6) is 0 Å². The number of pyridine rings is 2. The minimum Gasteiger partial charge on any atom is -0.372 e. The van der Waals surface area contributed by atoms with Crippen LogP contribution >= 0.6 is 0 Å². The van der Waals surface area contributed by atoms with Crippen LogP contribution in [0.15, 0.2) is 90.1 Å². The van der Waals surface area contributed by atoms with E-state index >= 15 is 0 Å². The predicted molar refractivity (Wildman–Crippen MR) is 187 cm³/mol. The fraction of sp³-hybridized carbons (Fsp3) is 0.308. The Hall–Kier alpha value is -5.34. The fourth-order valence-electron chi connectivity index (χ4n) is 6.09. The first kappa shape index (κ1) is 34.5. The van der Waals surface area contributed by atoms with Crippen LogP contribution in [-0.2, 0) is 19.1 Å². The van der Waals surface area contributed by atoms with Gasteiger partial charge in [-0.15, -0.1) is 0 Å². The highest BCUT2D eigenvalue weighted by molar-refractivity contribution is 5.95. The quantitative estimate of drug-likeness (QED) is 0.132. The molecule has 256 valence electrons. The Bertz CT molecular complexity index is 2090. The number of benzene rings is 2. The molecule has 1 fully saturated rings. The Labute approximate surface area is 288 Å². The summed E-state index contributed by atoms with van der Waals surface area (Å²) in [5.41, 5.74) is 2.83. The molecule has 4 heterocycles. The molecule has 0 bridgehead atoms. The topological polar surface area (TPSA) is 84.2 Å². The van der Waals surface area contributed by atoms with Crippen molar-refractivity contribution in [1.29, 1.82) is 0 Å². The average Bonchev–Trinajstić information content (AvgIpc) is 3.11. The highest BCUT2D eigenvalue weighted by atomic mass is 19.4. The minimum atomic E-state index is -4.55. The standard InChI is InChI=1S/C39H37F3N6O2/c1-46-20-17-32(18-21-46)47(2)31-13-9-28(10-14-31)23-37-44-25-30-22-27(11-15-34(30)45-37)6-3-4-8-35(49)33-7-5-19-48(38(33)50)26-29-12-16-36(43-24-29)39(40,41)42/h5,7,9-16,19,22,24-25,32H,4,8,17-18,20-21,23,26H2,1-2H3. The summed E-state index contributed by atoms with van der Waals surface area (Å²) < 4.78 is 39.7. The van der Waals surface area contributed by atoms with Crippen molar-refractivity contribution < 1.29 is 18.0 Å². The molecule has 0 saturated carbocycles. The van der Waals surface area contributed by atoms with E-state index in [4.69, 9.17) is 4.98 Å². The van der Waals surface area contributed by atoms with Gasteiger partial charge < -0.3 is 14.4 Å². The maximum Gasteiger partial charge on any atom is 0.433 e. The molecule has 6 rings (SSSR count). The van der Waals surface area contributed by atoms with Gasteiger partial charge in [-0.3, -0.25) is 14.6 Å². The van der Waals surface area contributed by atoms with E-state index in [1.807, 2.05) is 18.2 Å². The van der Waals surface area contributed by atoms with Crippen molar-refractivity contribution in [2.75, 3.05) is 32.1 Å². The number of rotatable bonds is 9. The number of fused-ring (bicyclic) bond motifs is 1. The zero-order valence-electron chi connectivity index (χ0n) is 28.0. The van der Waals surface area contributed by atoms with Gasteiger partial charge >= 0.3 is 6.18 Å². The van der Waals surface area contributed by atoms with E-state index in [1.54, 1.807) is 12.3 Å². The molecule has 0 radical (unpaired) electrons. The van der Waals surface area contributed by atoms with Gasteiger partial charge in [-0.1, -0.05) is 30.0 Å². The molecule has 1 saturated heterocycles. The Kier molecular flexibility index (Phi) is 10.4. The van der Waals surface area contributed by atoms with Crippen LogP contribution in [0.25, 0.3) is 10.9 Å². The Morgan fingerprint density at radius 3 is 2.46 bits per heavy atom. The lowest BCUT2D eigenvalue weighted by molar-refractivity contribution is -0.141. The largest absolute Gasteiger partial charge is 0.433 e. The average molecular weight is 679 g/mol. The molecule has 0 unspecified atom stereocenters. The summed E-state index contributed by atoms with van der Waals surface area (Å²) in [7, 11) is 4.35. The first-order chi connectivity index (χ1) is 24.0. The van der Waals surface area contributed by atoms with E-state index in [0.717, 1.165) is 53.2 Å². The molecule has 0 amide bonds. The molecule has 8 nitrogen and oxygen atoms in total. The molecule has 11 heteroatoms. The maximum absolute atomic E-state index is 12.9. The van der Waals surface area contributed by atoms with Gasteiger partial charge in [0.05, 0.1) is 17.6 Å². The van der Waals surface area contributed by atoms with E-state index < -0.39 is 17.4 Å². The molecular weight excluding hydrogens is 641 g/mol. The number of hydrogen-bond donors (Lipinski definition) is 0. The van der Waals surface area contributed by atoms with Gasteiger partial charge in [-0.25, -0.2) is 9.97 Å². The van der Waals surface area contributed by atoms with Crippen molar-refractivity contribution in [1.82, 2.24) is 24.4 Å². The van der Waals surface area contributed by atoms with Crippen molar-refractivity contribution in [3.8, 4) is 11.8 Å². The number of carbonyl (C=O) groups is 1. The van der Waals surface area contributed by atoms with Crippen molar-refractivity contribution in [2.45, 2.75) is 50.9 Å². The third kappa shape index (κ3) is 8.44. The summed E-state index contributed by atoms with van der Waals surface area (Å²) in [6, 6.07) is 20.0. The van der Waals surface area contributed by atoms with Gasteiger partial charge in [0.15, 0.2) is 5.78 Å². The molecule has 0 spiro atoms. The van der Waals surface area contributed by atoms with Gasteiger partial charge in [-0.05, 0) is 92.6 Å². The molecule has 0 aliphatic carbocycles. The second-order valence-corrected chi connectivity index (χ2v) is 12.7. The lowest BCUT2D eigenvalue weighted by Crippen LogP contribution is -2.41. The van der Waals surface area contributed by atoms with Crippen LogP contribution in [0.4, 0.5) is 18.9 Å². The summed E-state index contributed by atoms with van der Waals surface area (Å²) in [6.45, 7) is 2.24. The Morgan fingerprint density at radius 2 is 1.74 bits per heavy atom. The normalized spacial score (nSPS) is 13.9. The van der Waals surface area contributed by atoms with Crippen molar-refractivity contribution in [3.63, 3.8) is 0 Å². The van der Waals surface area contributed by atoms with E-state index in [9.17, 15) is 22.8 Å². The maximum atomic E-state index is 12.9. The SMILES string of the molecule is CN1CCC(N(C)c2ccc(Cc3ncc4cc(C#CCCC(=O)c5cccn(Cc6ccc(C(F)(F)F)nc6)c5=O)ccc4n3)cc2)CC1. The number of likely N-dealkylation sites (tertiary alicyclic amines) is 1. The van der Waals surface area contributed by atoms with Crippen molar-refractivity contribution >= 4 is 22.4 Å². The van der Waals surface area contributed by atoms with Gasteiger partial charge in [0.1, 0.15) is 11.5 Å². The number of aromatic nitrogens is 4. The number of alkyl halides is 3. The second-order valence-electron chi connectivity index (χ2n) is 12.7. The van der Waals surface area contributed by atoms with Gasteiger partial charge in [-0.2, -0.15) is 13.2 Å². The monoisotopic (exact) mass is 678 g/mol. The number of carbonyl (C=O) groups excluding carboxylic acids is 1. The lowest BCUT2D eigenvalue weighted by Gasteiger charge is -2.36. The van der Waals surface area contributed by atoms with Crippen LogP contribution in [0.2, 0.25) is 0 Å². The highest BCUT2D eigenvalue weighted by Gasteiger charge is 2.32. The summed E-state index contributed by atoms with van der Waals surface area (Å²) >= 11 is 0. The molecule has 1 aliphatic rings. The van der Waals surface area contributed by atoms with Crippen LogP contribution in [0.3, 0.4) is 0 Å². The third-order valence-corrected chi connectivity index (χ3v) is 9.07. The first-order valence-corrected chi connectivity index (χ1v) is 16.5. The molecule has 5 aromatic rings. The molecule has 1 aliphatic heterocycles. The summed E-state index contributed by atoms with van der Waals surface area (Å²) in [6.07, 6.45) is 3.07. The first-order valence-electron chi connectivity index (χ1n) is 16.5. The predicted octanol–water partition coefficient (Wildman–Crippen LogP) is 6.39. The molecule has 50 heavy (non-hydrogen) atoms. The number of halogens is 3. The number of anilines is 1.